The average Bonchev–Trinajstić information content (AvgIpc) is 3.18. The van der Waals surface area contributed by atoms with Crippen LogP contribution in [0.15, 0.2) is 16.7 Å². The van der Waals surface area contributed by atoms with Gasteiger partial charge in [-0.2, -0.15) is 5.10 Å². The lowest BCUT2D eigenvalue weighted by Gasteiger charge is -2.33. The van der Waals surface area contributed by atoms with Crippen molar-refractivity contribution in [1.29, 1.82) is 0 Å². The maximum Gasteiger partial charge on any atom is 0.276 e. The maximum atomic E-state index is 12.7. The highest BCUT2D eigenvalue weighted by Gasteiger charge is 2.31. The van der Waals surface area contributed by atoms with Crippen molar-refractivity contribution in [1.82, 2.24) is 19.8 Å². The Bertz CT molecular complexity index is 729. The average molecular weight is 314 g/mol. The molecule has 6 heteroatoms. The number of hydrogen-bond acceptors (Lipinski definition) is 4. The van der Waals surface area contributed by atoms with Crippen LogP contribution >= 0.6 is 0 Å². The van der Waals surface area contributed by atoms with E-state index >= 15 is 0 Å². The molecule has 0 spiro atoms. The first kappa shape index (κ1) is 14.5. The van der Waals surface area contributed by atoms with Gasteiger partial charge in [0, 0.05) is 30.8 Å². The van der Waals surface area contributed by atoms with Crippen LogP contribution in [0.5, 0.6) is 0 Å². The van der Waals surface area contributed by atoms with Gasteiger partial charge in [-0.25, -0.2) is 0 Å². The molecule has 6 nitrogen and oxygen atoms in total. The molecule has 0 aromatic carbocycles. The number of nitrogens with zero attached hydrogens (tertiary/aromatic N) is 4. The van der Waals surface area contributed by atoms with Gasteiger partial charge < -0.3 is 9.42 Å². The van der Waals surface area contributed by atoms with Crippen molar-refractivity contribution >= 4 is 5.91 Å². The summed E-state index contributed by atoms with van der Waals surface area (Å²) in [6.45, 7) is 5.54. The van der Waals surface area contributed by atoms with Crippen LogP contribution in [0.4, 0.5) is 0 Å². The van der Waals surface area contributed by atoms with E-state index in [1.807, 2.05) is 17.9 Å². The Labute approximate surface area is 135 Å². The van der Waals surface area contributed by atoms with Gasteiger partial charge in [0.25, 0.3) is 5.91 Å². The van der Waals surface area contributed by atoms with Gasteiger partial charge in [0.2, 0.25) is 0 Å². The van der Waals surface area contributed by atoms with Gasteiger partial charge in [-0.15, -0.1) is 0 Å². The zero-order chi connectivity index (χ0) is 16.0. The fourth-order valence-corrected chi connectivity index (χ4v) is 3.47. The normalized spacial score (nSPS) is 21.7. The molecule has 1 saturated heterocycles. The van der Waals surface area contributed by atoms with E-state index in [-0.39, 0.29) is 11.9 Å². The van der Waals surface area contributed by atoms with E-state index in [1.54, 1.807) is 0 Å². The van der Waals surface area contributed by atoms with Crippen molar-refractivity contribution < 1.29 is 9.32 Å². The summed E-state index contributed by atoms with van der Waals surface area (Å²) < 4.78 is 7.38. The molecule has 1 aliphatic heterocycles. The molecule has 2 aromatic rings. The second kappa shape index (κ2) is 5.51. The van der Waals surface area contributed by atoms with E-state index in [2.05, 4.69) is 27.9 Å². The third kappa shape index (κ3) is 2.78. The van der Waals surface area contributed by atoms with Crippen LogP contribution in [-0.4, -0.2) is 38.8 Å². The Morgan fingerprint density at radius 1 is 1.26 bits per heavy atom. The molecule has 2 fully saturated rings. The summed E-state index contributed by atoms with van der Waals surface area (Å²) in [4.78, 5) is 14.6. The number of amides is 1. The van der Waals surface area contributed by atoms with Crippen LogP contribution in [0, 0.1) is 13.8 Å². The van der Waals surface area contributed by atoms with E-state index in [9.17, 15) is 4.79 Å². The summed E-state index contributed by atoms with van der Waals surface area (Å²) in [5.41, 5.74) is 2.62. The fraction of sp³-hybridized carbons (Fsp3) is 0.588. The zero-order valence-corrected chi connectivity index (χ0v) is 13.7. The Hall–Kier alpha value is -2.11. The highest BCUT2D eigenvalue weighted by Crippen LogP contribution is 2.40. The van der Waals surface area contributed by atoms with Crippen LogP contribution in [0.1, 0.15) is 65.3 Å². The molecule has 0 radical (unpaired) electrons. The smallest absolute Gasteiger partial charge is 0.276 e. The topological polar surface area (TPSA) is 64.2 Å². The molecule has 2 aliphatic rings. The number of piperidine rings is 1. The second-order valence-electron chi connectivity index (χ2n) is 6.81. The number of aryl methyl sites for hydroxylation is 2. The van der Waals surface area contributed by atoms with Crippen LogP contribution in [0.25, 0.3) is 0 Å². The molecule has 0 N–H and O–H groups in total. The molecule has 4 rings (SSSR count). The lowest BCUT2D eigenvalue weighted by Crippen LogP contribution is -2.41. The molecular weight excluding hydrogens is 292 g/mol. The number of carbonyl (C=O) groups excluding carboxylic acids is 1. The summed E-state index contributed by atoms with van der Waals surface area (Å²) in [6.07, 6.45) is 4.33. The second-order valence-corrected chi connectivity index (χ2v) is 6.81. The molecule has 0 bridgehead atoms. The van der Waals surface area contributed by atoms with Gasteiger partial charge in [-0.1, -0.05) is 5.16 Å². The Balaban J connectivity index is 1.49. The summed E-state index contributed by atoms with van der Waals surface area (Å²) in [6, 6.07) is 4.16. The van der Waals surface area contributed by atoms with Crippen molar-refractivity contribution in [2.45, 2.75) is 51.5 Å². The molecule has 1 atom stereocenters. The maximum absolute atomic E-state index is 12.7. The molecule has 1 amide bonds. The third-order valence-electron chi connectivity index (χ3n) is 4.80. The highest BCUT2D eigenvalue weighted by atomic mass is 16.5. The molecule has 1 saturated carbocycles. The van der Waals surface area contributed by atoms with Crippen LogP contribution in [0.2, 0.25) is 0 Å². The zero-order valence-electron chi connectivity index (χ0n) is 13.7. The first-order chi connectivity index (χ1) is 11.1. The lowest BCUT2D eigenvalue weighted by molar-refractivity contribution is 0.0661. The van der Waals surface area contributed by atoms with E-state index in [0.717, 1.165) is 49.4 Å². The monoisotopic (exact) mass is 314 g/mol. The predicted octanol–water partition coefficient (Wildman–Crippen LogP) is 2.84. The largest absolute Gasteiger partial charge is 0.360 e. The number of hydrogen-bond donors (Lipinski definition) is 0. The minimum absolute atomic E-state index is 0.0214. The van der Waals surface area contributed by atoms with E-state index in [1.165, 1.54) is 0 Å². The van der Waals surface area contributed by atoms with Gasteiger partial charge in [0.1, 0.15) is 5.76 Å². The summed E-state index contributed by atoms with van der Waals surface area (Å²) in [5, 5.41) is 8.56. The van der Waals surface area contributed by atoms with Crippen molar-refractivity contribution in [3.8, 4) is 0 Å². The van der Waals surface area contributed by atoms with E-state index in [0.29, 0.717) is 18.2 Å². The number of aromatic nitrogens is 3. The number of carbonyl (C=O) groups is 1. The van der Waals surface area contributed by atoms with Crippen LogP contribution in [-0.2, 0) is 0 Å². The standard InChI is InChI=1S/C17H22N4O2/c1-11-8-12(2)21(18-11)14-4-3-7-20(10-14)17(22)15-9-16(23-19-15)13-5-6-13/h8-9,13-14H,3-7,10H2,1-2H3/t14-/m1/s1. The lowest BCUT2D eigenvalue weighted by atomic mass is 10.1. The Kier molecular flexibility index (Phi) is 3.47. The predicted molar refractivity (Wildman–Crippen MR) is 84.4 cm³/mol. The molecular formula is C17H22N4O2. The van der Waals surface area contributed by atoms with Gasteiger partial charge >= 0.3 is 0 Å². The Morgan fingerprint density at radius 3 is 2.78 bits per heavy atom. The molecule has 3 heterocycles. The summed E-state index contributed by atoms with van der Waals surface area (Å²) in [7, 11) is 0. The molecule has 23 heavy (non-hydrogen) atoms. The van der Waals surface area contributed by atoms with E-state index < -0.39 is 0 Å². The number of likely N-dealkylation sites (tertiary alicyclic amines) is 1. The van der Waals surface area contributed by atoms with E-state index in [4.69, 9.17) is 4.52 Å². The van der Waals surface area contributed by atoms with Crippen molar-refractivity contribution in [2.75, 3.05) is 13.1 Å². The van der Waals surface area contributed by atoms with Crippen molar-refractivity contribution in [3.05, 3.63) is 35.0 Å². The van der Waals surface area contributed by atoms with Gasteiger partial charge in [-0.05, 0) is 45.6 Å². The fourth-order valence-electron chi connectivity index (χ4n) is 3.47. The molecule has 2 aromatic heterocycles. The van der Waals surface area contributed by atoms with Crippen molar-refractivity contribution in [2.24, 2.45) is 0 Å². The third-order valence-corrected chi connectivity index (χ3v) is 4.80. The van der Waals surface area contributed by atoms with Crippen molar-refractivity contribution in [3.63, 3.8) is 0 Å². The quantitative estimate of drug-likeness (QED) is 0.874. The Morgan fingerprint density at radius 2 is 2.09 bits per heavy atom. The van der Waals surface area contributed by atoms with Gasteiger partial charge in [0.05, 0.1) is 11.7 Å². The molecule has 1 aliphatic carbocycles. The molecule has 0 unspecified atom stereocenters. The number of rotatable bonds is 3. The summed E-state index contributed by atoms with van der Waals surface area (Å²) in [5.74, 6) is 1.32. The van der Waals surface area contributed by atoms with Gasteiger partial charge in [-0.3, -0.25) is 9.48 Å². The van der Waals surface area contributed by atoms with Crippen LogP contribution in [0.3, 0.4) is 0 Å². The summed E-state index contributed by atoms with van der Waals surface area (Å²) >= 11 is 0. The van der Waals surface area contributed by atoms with Gasteiger partial charge in [0.15, 0.2) is 5.69 Å². The highest BCUT2D eigenvalue weighted by molar-refractivity contribution is 5.92. The van der Waals surface area contributed by atoms with Crippen LogP contribution < -0.4 is 0 Å². The molecule has 122 valence electrons. The minimum Gasteiger partial charge on any atom is -0.360 e. The SMILES string of the molecule is Cc1cc(C)n([C@@H]2CCCN(C(=O)c3cc(C4CC4)on3)C2)n1. The minimum atomic E-state index is -0.0214. The first-order valence-corrected chi connectivity index (χ1v) is 8.40. The first-order valence-electron chi connectivity index (χ1n) is 8.40.